The number of pyridine rings is 1. The molecule has 1 amide bonds. The molecule has 2 heterocycles. The quantitative estimate of drug-likeness (QED) is 0.861. The van der Waals surface area contributed by atoms with Crippen LogP contribution in [-0.2, 0) is 0 Å². The van der Waals surface area contributed by atoms with Crippen LogP contribution in [0.5, 0.6) is 0 Å². The maximum Gasteiger partial charge on any atom is 0.263 e. The molecule has 136 valence electrons. The van der Waals surface area contributed by atoms with Crippen LogP contribution in [0.15, 0.2) is 30.5 Å². The summed E-state index contributed by atoms with van der Waals surface area (Å²) in [6.07, 6.45) is -0.739. The fourth-order valence-electron chi connectivity index (χ4n) is 2.99. The third-order valence-electron chi connectivity index (χ3n) is 4.23. The van der Waals surface area contributed by atoms with E-state index in [0.29, 0.717) is 10.9 Å². The van der Waals surface area contributed by atoms with Gasteiger partial charge in [0.05, 0.1) is 30.2 Å². The third kappa shape index (κ3) is 3.61. The Balaban J connectivity index is 1.71. The van der Waals surface area contributed by atoms with Crippen LogP contribution in [-0.4, -0.2) is 52.2 Å². The molecule has 1 aromatic carbocycles. The summed E-state index contributed by atoms with van der Waals surface area (Å²) >= 11 is 0. The van der Waals surface area contributed by atoms with E-state index in [1.807, 2.05) is 0 Å². The van der Waals surface area contributed by atoms with Gasteiger partial charge in [-0.25, -0.2) is 13.2 Å². The topological polar surface area (TPSA) is 89.3 Å². The van der Waals surface area contributed by atoms with Gasteiger partial charge in [0.1, 0.15) is 18.1 Å². The van der Waals surface area contributed by atoms with Gasteiger partial charge < -0.3 is 10.4 Å². The number of carbonyl (C=O) groups excluding carboxylic acids is 1. The molecule has 2 atom stereocenters. The molecule has 26 heavy (non-hydrogen) atoms. The molecule has 0 spiro atoms. The van der Waals surface area contributed by atoms with Gasteiger partial charge in [0.15, 0.2) is 0 Å². The van der Waals surface area contributed by atoms with E-state index < -0.39 is 42.9 Å². The number of halogens is 3. The minimum Gasteiger partial charge on any atom is -0.376 e. The Morgan fingerprint density at radius 2 is 2.27 bits per heavy atom. The number of hydrogen-bond donors (Lipinski definition) is 2. The number of aliphatic hydroxyl groups is 1. The van der Waals surface area contributed by atoms with Crippen molar-refractivity contribution in [3.63, 3.8) is 0 Å². The van der Waals surface area contributed by atoms with Crippen molar-refractivity contribution in [2.45, 2.75) is 24.6 Å². The summed E-state index contributed by atoms with van der Waals surface area (Å²) in [6, 6.07) is 5.83. The lowest BCUT2D eigenvalue weighted by atomic mass is 10.1. The molecule has 1 aliphatic heterocycles. The Hall–Kier alpha value is -2.70. The molecule has 9 heteroatoms. The van der Waals surface area contributed by atoms with Crippen LogP contribution in [0.3, 0.4) is 0 Å². The van der Waals surface area contributed by atoms with Crippen LogP contribution < -0.4 is 5.32 Å². The van der Waals surface area contributed by atoms with Gasteiger partial charge in [0.2, 0.25) is 0 Å². The molecule has 2 aromatic rings. The first-order chi connectivity index (χ1) is 12.3. The first-order valence-electron chi connectivity index (χ1n) is 7.84. The monoisotopic (exact) mass is 364 g/mol. The molecular weight excluding hydrogens is 349 g/mol. The van der Waals surface area contributed by atoms with E-state index in [2.05, 4.69) is 10.3 Å². The normalized spacial score (nSPS) is 20.7. The first kappa shape index (κ1) is 18.1. The van der Waals surface area contributed by atoms with Gasteiger partial charge in [-0.2, -0.15) is 5.26 Å². The van der Waals surface area contributed by atoms with E-state index >= 15 is 0 Å². The average molecular weight is 364 g/mol. The average Bonchev–Trinajstić information content (AvgIpc) is 2.93. The molecule has 0 bridgehead atoms. The van der Waals surface area contributed by atoms with Crippen LogP contribution in [0.1, 0.15) is 16.8 Å². The van der Waals surface area contributed by atoms with Crippen LogP contribution in [0.2, 0.25) is 0 Å². The second-order valence-corrected chi connectivity index (χ2v) is 6.09. The maximum absolute atomic E-state index is 13.4. The van der Waals surface area contributed by atoms with E-state index in [1.54, 1.807) is 6.07 Å². The Kier molecular flexibility index (Phi) is 4.80. The minimum atomic E-state index is -3.06. The molecular formula is C17H15F3N4O2. The number of nitrogens with one attached hydrogen (secondary N) is 1. The largest absolute Gasteiger partial charge is 0.376 e. The number of likely N-dealkylation sites (tertiary alicyclic amines) is 1. The van der Waals surface area contributed by atoms with Gasteiger partial charge in [-0.15, -0.1) is 0 Å². The smallest absolute Gasteiger partial charge is 0.263 e. The molecule has 1 aliphatic rings. The van der Waals surface area contributed by atoms with Crippen LogP contribution in [0, 0.1) is 17.1 Å². The van der Waals surface area contributed by atoms with Crippen molar-refractivity contribution in [3.05, 3.63) is 41.8 Å². The van der Waals surface area contributed by atoms with Gasteiger partial charge >= 0.3 is 0 Å². The molecule has 1 saturated heterocycles. The second kappa shape index (κ2) is 6.90. The fourth-order valence-corrected chi connectivity index (χ4v) is 2.99. The Morgan fingerprint density at radius 3 is 3.00 bits per heavy atom. The summed E-state index contributed by atoms with van der Waals surface area (Å²) in [5, 5.41) is 21.9. The zero-order chi connectivity index (χ0) is 18.9. The van der Waals surface area contributed by atoms with E-state index in [4.69, 9.17) is 5.26 Å². The third-order valence-corrected chi connectivity index (χ3v) is 4.23. The van der Waals surface area contributed by atoms with Crippen molar-refractivity contribution in [1.82, 2.24) is 15.2 Å². The second-order valence-electron chi connectivity index (χ2n) is 6.09. The first-order valence-corrected chi connectivity index (χ1v) is 7.84. The number of hydrogen-bond acceptors (Lipinski definition) is 5. The van der Waals surface area contributed by atoms with E-state index in [-0.39, 0.29) is 12.1 Å². The number of rotatable bonds is 4. The molecule has 0 aliphatic carbocycles. The summed E-state index contributed by atoms with van der Waals surface area (Å²) in [7, 11) is 0. The van der Waals surface area contributed by atoms with E-state index in [9.17, 15) is 23.1 Å². The zero-order valence-electron chi connectivity index (χ0n) is 13.5. The van der Waals surface area contributed by atoms with Crippen molar-refractivity contribution >= 4 is 16.8 Å². The summed E-state index contributed by atoms with van der Waals surface area (Å²) in [5.41, 5.74) is 0.507. The van der Waals surface area contributed by atoms with Crippen molar-refractivity contribution in [1.29, 1.82) is 5.26 Å². The van der Waals surface area contributed by atoms with Gasteiger partial charge in [0.25, 0.3) is 11.8 Å². The Labute approximate surface area is 146 Å². The molecule has 2 N–H and O–H groups in total. The number of nitriles is 1. The lowest BCUT2D eigenvalue weighted by Gasteiger charge is -2.25. The highest BCUT2D eigenvalue weighted by Gasteiger charge is 2.47. The molecule has 1 aromatic heterocycles. The number of amides is 1. The van der Waals surface area contributed by atoms with Gasteiger partial charge in [-0.3, -0.25) is 14.7 Å². The number of benzene rings is 1. The molecule has 3 rings (SSSR count). The molecule has 1 fully saturated rings. The highest BCUT2D eigenvalue weighted by atomic mass is 19.3. The van der Waals surface area contributed by atoms with Crippen molar-refractivity contribution < 1.29 is 23.1 Å². The standard InChI is InChI=1S/C17H15F3N4O2/c18-10-1-2-12-13(3-4-22-14(12)5-10)16(26)23-8-15(25)24-9-17(19,20)6-11(24)7-21/h1-5,11,15,25H,6,8-9H2,(H,23,26)/t11-,15-/m0/s1. The van der Waals surface area contributed by atoms with E-state index in [1.165, 1.54) is 30.5 Å². The van der Waals surface area contributed by atoms with Crippen molar-refractivity contribution in [2.75, 3.05) is 13.1 Å². The van der Waals surface area contributed by atoms with Crippen molar-refractivity contribution in [3.8, 4) is 6.07 Å². The van der Waals surface area contributed by atoms with Crippen LogP contribution >= 0.6 is 0 Å². The highest BCUT2D eigenvalue weighted by molar-refractivity contribution is 6.05. The zero-order valence-corrected chi connectivity index (χ0v) is 13.5. The Bertz CT molecular complexity index is 884. The van der Waals surface area contributed by atoms with Crippen LogP contribution in [0.25, 0.3) is 10.9 Å². The number of alkyl halides is 2. The molecule has 6 nitrogen and oxygen atoms in total. The summed E-state index contributed by atoms with van der Waals surface area (Å²) in [4.78, 5) is 17.3. The lowest BCUT2D eigenvalue weighted by Crippen LogP contribution is -2.46. The summed E-state index contributed by atoms with van der Waals surface area (Å²) in [6.45, 7) is -1.09. The number of carbonyl (C=O) groups is 1. The fraction of sp³-hybridized carbons (Fsp3) is 0.353. The highest BCUT2D eigenvalue weighted by Crippen LogP contribution is 2.32. The van der Waals surface area contributed by atoms with Gasteiger partial charge in [-0.05, 0) is 18.2 Å². The SMILES string of the molecule is N#C[C@@H]1CC(F)(F)CN1[C@@H](O)CNC(=O)c1ccnc2cc(F)ccc12. The van der Waals surface area contributed by atoms with E-state index in [0.717, 1.165) is 4.90 Å². The minimum absolute atomic E-state index is 0.214. The number of fused-ring (bicyclic) bond motifs is 1. The van der Waals surface area contributed by atoms with Gasteiger partial charge in [0, 0.05) is 24.1 Å². The lowest BCUT2D eigenvalue weighted by molar-refractivity contribution is -0.0305. The number of nitrogens with zero attached hydrogens (tertiary/aromatic N) is 3. The molecule has 0 radical (unpaired) electrons. The van der Waals surface area contributed by atoms with Gasteiger partial charge in [-0.1, -0.05) is 0 Å². The summed E-state index contributed by atoms with van der Waals surface area (Å²) < 4.78 is 40.1. The molecule has 0 unspecified atom stereocenters. The summed E-state index contributed by atoms with van der Waals surface area (Å²) in [5.74, 6) is -4.12. The Morgan fingerprint density at radius 1 is 1.50 bits per heavy atom. The maximum atomic E-state index is 13.4. The molecule has 0 saturated carbocycles. The predicted octanol–water partition coefficient (Wildman–Crippen LogP) is 1.66. The van der Waals surface area contributed by atoms with Crippen LogP contribution in [0.4, 0.5) is 13.2 Å². The van der Waals surface area contributed by atoms with Crippen molar-refractivity contribution in [2.24, 2.45) is 0 Å². The number of aliphatic hydroxyl groups excluding tert-OH is 1. The predicted molar refractivity (Wildman–Crippen MR) is 85.7 cm³/mol. The number of aromatic nitrogens is 1.